The Labute approximate surface area is 149 Å². The van der Waals surface area contributed by atoms with Gasteiger partial charge in [-0.2, -0.15) is 0 Å². The second kappa shape index (κ2) is 8.02. The molecule has 1 saturated heterocycles. The van der Waals surface area contributed by atoms with Crippen LogP contribution < -0.4 is 4.90 Å². The fourth-order valence-corrected chi connectivity index (χ4v) is 3.88. The number of benzene rings is 1. The van der Waals surface area contributed by atoms with Crippen molar-refractivity contribution in [2.45, 2.75) is 47.0 Å². The minimum absolute atomic E-state index is 0.0938. The highest BCUT2D eigenvalue weighted by molar-refractivity contribution is 6.34. The van der Waals surface area contributed by atoms with Crippen LogP contribution in [-0.2, 0) is 9.59 Å². The Hall–Kier alpha value is -1.55. The molecule has 0 saturated carbocycles. The normalized spacial score (nSPS) is 17.7. The zero-order valence-electron chi connectivity index (χ0n) is 15.1. The Morgan fingerprint density at radius 3 is 2.62 bits per heavy atom. The van der Waals surface area contributed by atoms with Crippen LogP contribution in [0.1, 0.15) is 44.2 Å². The van der Waals surface area contributed by atoms with Crippen LogP contribution >= 0.6 is 11.6 Å². The van der Waals surface area contributed by atoms with Crippen LogP contribution in [0, 0.1) is 19.8 Å². The molecule has 2 amide bonds. The molecular weight excluding hydrogens is 324 g/mol. The Bertz CT molecular complexity index is 607. The average molecular weight is 351 g/mol. The van der Waals surface area contributed by atoms with Gasteiger partial charge in [0.25, 0.3) is 0 Å². The smallest absolute Gasteiger partial charge is 0.224 e. The Morgan fingerprint density at radius 2 is 2.04 bits per heavy atom. The molecular formula is C19H27ClN2O2. The molecule has 2 rings (SSSR count). The number of aryl methyl sites for hydroxylation is 2. The van der Waals surface area contributed by atoms with Gasteiger partial charge in [0.2, 0.25) is 11.8 Å². The minimum atomic E-state index is -0.0938. The third-order valence-corrected chi connectivity index (χ3v) is 4.90. The number of likely N-dealkylation sites (tertiary alicyclic amines) is 1. The Morgan fingerprint density at radius 1 is 1.33 bits per heavy atom. The van der Waals surface area contributed by atoms with E-state index in [-0.39, 0.29) is 11.8 Å². The van der Waals surface area contributed by atoms with Crippen LogP contribution in [-0.4, -0.2) is 36.3 Å². The van der Waals surface area contributed by atoms with Crippen LogP contribution in [0.15, 0.2) is 12.1 Å². The predicted molar refractivity (Wildman–Crippen MR) is 98.5 cm³/mol. The Kier molecular flexibility index (Phi) is 6.27. The van der Waals surface area contributed by atoms with Crippen LogP contribution in [0.5, 0.6) is 0 Å². The number of anilines is 1. The second-order valence-electron chi connectivity index (χ2n) is 6.92. The van der Waals surface area contributed by atoms with Gasteiger partial charge in [-0.1, -0.05) is 24.6 Å². The van der Waals surface area contributed by atoms with E-state index in [1.54, 1.807) is 4.90 Å². The molecule has 0 aliphatic carbocycles. The van der Waals surface area contributed by atoms with Crippen LogP contribution in [0.3, 0.4) is 0 Å². The number of amides is 2. The Balaban J connectivity index is 2.10. The summed E-state index contributed by atoms with van der Waals surface area (Å²) in [7, 11) is 0. The molecule has 24 heavy (non-hydrogen) atoms. The molecule has 4 nitrogen and oxygen atoms in total. The van der Waals surface area contributed by atoms with E-state index in [1.165, 1.54) is 13.3 Å². The number of piperidine rings is 1. The predicted octanol–water partition coefficient (Wildman–Crippen LogP) is 3.96. The first kappa shape index (κ1) is 18.8. The lowest BCUT2D eigenvalue weighted by Gasteiger charge is -2.32. The highest BCUT2D eigenvalue weighted by atomic mass is 35.5. The number of halogens is 1. The first-order valence-corrected chi connectivity index (χ1v) is 9.00. The summed E-state index contributed by atoms with van der Waals surface area (Å²) in [5.74, 6) is 0.581. The summed E-state index contributed by atoms with van der Waals surface area (Å²) >= 11 is 6.37. The molecule has 1 heterocycles. The average Bonchev–Trinajstić information content (AvgIpc) is 2.48. The minimum Gasteiger partial charge on any atom is -0.342 e. The summed E-state index contributed by atoms with van der Waals surface area (Å²) in [6, 6.07) is 3.86. The van der Waals surface area contributed by atoms with E-state index in [0.717, 1.165) is 36.3 Å². The largest absolute Gasteiger partial charge is 0.342 e. The number of nitrogens with zero attached hydrogens (tertiary/aromatic N) is 2. The molecule has 0 radical (unpaired) electrons. The highest BCUT2D eigenvalue weighted by Gasteiger charge is 2.23. The van der Waals surface area contributed by atoms with Crippen molar-refractivity contribution >= 4 is 29.1 Å². The molecule has 0 aromatic heterocycles. The highest BCUT2D eigenvalue weighted by Crippen LogP contribution is 2.31. The maximum Gasteiger partial charge on any atom is 0.224 e. The fraction of sp³-hybridized carbons (Fsp3) is 0.579. The van der Waals surface area contributed by atoms with Gasteiger partial charge in [0.05, 0.1) is 10.7 Å². The van der Waals surface area contributed by atoms with E-state index in [1.807, 2.05) is 30.9 Å². The van der Waals surface area contributed by atoms with Gasteiger partial charge in [0.1, 0.15) is 0 Å². The second-order valence-corrected chi connectivity index (χ2v) is 7.33. The molecule has 1 aliphatic heterocycles. The summed E-state index contributed by atoms with van der Waals surface area (Å²) in [4.78, 5) is 28.2. The molecule has 1 unspecified atom stereocenters. The topological polar surface area (TPSA) is 40.6 Å². The summed E-state index contributed by atoms with van der Waals surface area (Å²) in [5, 5.41) is 0.557. The fourth-order valence-electron chi connectivity index (χ4n) is 3.46. The van der Waals surface area contributed by atoms with E-state index < -0.39 is 0 Å². The zero-order chi connectivity index (χ0) is 17.9. The number of hydrogen-bond acceptors (Lipinski definition) is 2. The van der Waals surface area contributed by atoms with Gasteiger partial charge in [0.15, 0.2) is 0 Å². The third kappa shape index (κ3) is 4.50. The van der Waals surface area contributed by atoms with Crippen molar-refractivity contribution in [2.24, 2.45) is 5.92 Å². The lowest BCUT2D eigenvalue weighted by molar-refractivity contribution is -0.132. The molecule has 1 fully saturated rings. The van der Waals surface area contributed by atoms with E-state index in [9.17, 15) is 9.59 Å². The first-order valence-electron chi connectivity index (χ1n) is 8.62. The summed E-state index contributed by atoms with van der Waals surface area (Å²) < 4.78 is 0. The molecule has 0 spiro atoms. The van der Waals surface area contributed by atoms with E-state index in [0.29, 0.717) is 23.9 Å². The molecule has 1 aromatic carbocycles. The van der Waals surface area contributed by atoms with Gasteiger partial charge in [-0.25, -0.2) is 0 Å². The van der Waals surface area contributed by atoms with Gasteiger partial charge >= 0.3 is 0 Å². The third-order valence-electron chi connectivity index (χ3n) is 4.61. The van der Waals surface area contributed by atoms with Crippen molar-refractivity contribution in [1.82, 2.24) is 4.90 Å². The maximum atomic E-state index is 12.5. The first-order chi connectivity index (χ1) is 11.3. The molecule has 132 valence electrons. The van der Waals surface area contributed by atoms with Gasteiger partial charge in [-0.05, 0) is 49.8 Å². The van der Waals surface area contributed by atoms with Crippen molar-refractivity contribution in [3.8, 4) is 0 Å². The van der Waals surface area contributed by atoms with Crippen LogP contribution in [0.2, 0.25) is 5.02 Å². The molecule has 1 atom stereocenters. The van der Waals surface area contributed by atoms with Crippen molar-refractivity contribution in [2.75, 3.05) is 24.5 Å². The number of carbonyl (C=O) groups is 2. The number of hydrogen-bond donors (Lipinski definition) is 0. The molecule has 0 N–H and O–H groups in total. The van der Waals surface area contributed by atoms with Crippen LogP contribution in [0.4, 0.5) is 5.69 Å². The molecule has 5 heteroatoms. The van der Waals surface area contributed by atoms with Crippen molar-refractivity contribution in [1.29, 1.82) is 0 Å². The van der Waals surface area contributed by atoms with Crippen molar-refractivity contribution < 1.29 is 9.59 Å². The standard InChI is InChI=1S/C19H27ClN2O2/c1-13-6-5-8-21(12-13)18(24)7-9-22(16(4)23)19-15(3)10-14(2)11-17(19)20/h10-11,13H,5-9,12H2,1-4H3. The van der Waals surface area contributed by atoms with Gasteiger partial charge in [-0.3, -0.25) is 9.59 Å². The van der Waals surface area contributed by atoms with Gasteiger partial charge in [0, 0.05) is 33.0 Å². The van der Waals surface area contributed by atoms with E-state index in [2.05, 4.69) is 6.92 Å². The molecule has 0 bridgehead atoms. The van der Waals surface area contributed by atoms with Gasteiger partial charge in [-0.15, -0.1) is 0 Å². The van der Waals surface area contributed by atoms with Gasteiger partial charge < -0.3 is 9.80 Å². The molecule has 1 aliphatic rings. The number of rotatable bonds is 4. The number of carbonyl (C=O) groups excluding carboxylic acids is 2. The summed E-state index contributed by atoms with van der Waals surface area (Å²) in [5.41, 5.74) is 2.73. The van der Waals surface area contributed by atoms with E-state index >= 15 is 0 Å². The SMILES string of the molecule is CC(=O)N(CCC(=O)N1CCCC(C)C1)c1c(C)cc(C)cc1Cl. The van der Waals surface area contributed by atoms with Crippen molar-refractivity contribution in [3.63, 3.8) is 0 Å². The summed E-state index contributed by atoms with van der Waals surface area (Å²) in [6.07, 6.45) is 2.57. The summed E-state index contributed by atoms with van der Waals surface area (Å²) in [6.45, 7) is 9.62. The van der Waals surface area contributed by atoms with Crippen molar-refractivity contribution in [3.05, 3.63) is 28.3 Å². The van der Waals surface area contributed by atoms with Crippen LogP contribution in [0.25, 0.3) is 0 Å². The zero-order valence-corrected chi connectivity index (χ0v) is 15.8. The lowest BCUT2D eigenvalue weighted by Crippen LogP contribution is -2.41. The monoisotopic (exact) mass is 350 g/mol. The lowest BCUT2D eigenvalue weighted by atomic mass is 10.00. The maximum absolute atomic E-state index is 12.5. The quantitative estimate of drug-likeness (QED) is 0.824. The van der Waals surface area contributed by atoms with E-state index in [4.69, 9.17) is 11.6 Å². The molecule has 1 aromatic rings.